The van der Waals surface area contributed by atoms with Gasteiger partial charge in [-0.3, -0.25) is 9.59 Å². The van der Waals surface area contributed by atoms with E-state index < -0.39 is 11.9 Å². The third-order valence-corrected chi connectivity index (χ3v) is 6.39. The van der Waals surface area contributed by atoms with Crippen LogP contribution in [0.5, 0.6) is 28.7 Å². The highest BCUT2D eigenvalue weighted by molar-refractivity contribution is 5.94. The van der Waals surface area contributed by atoms with Crippen LogP contribution >= 0.6 is 0 Å². The molecule has 1 aliphatic heterocycles. The van der Waals surface area contributed by atoms with Gasteiger partial charge >= 0.3 is 5.97 Å². The topological polar surface area (TPSA) is 93.4 Å². The summed E-state index contributed by atoms with van der Waals surface area (Å²) in [7, 11) is 6.15. The van der Waals surface area contributed by atoms with Gasteiger partial charge in [-0.15, -0.1) is 0 Å². The first-order valence-corrected chi connectivity index (χ1v) is 11.2. The molecule has 0 fully saturated rings. The summed E-state index contributed by atoms with van der Waals surface area (Å²) in [5.74, 6) is 1.47. The third kappa shape index (κ3) is 3.80. The monoisotopic (exact) mass is 488 g/mol. The van der Waals surface area contributed by atoms with E-state index in [9.17, 15) is 9.59 Å². The van der Waals surface area contributed by atoms with Crippen molar-refractivity contribution in [1.29, 1.82) is 0 Å². The molecule has 3 aromatic carbocycles. The van der Waals surface area contributed by atoms with E-state index in [1.165, 1.54) is 13.4 Å². The maximum absolute atomic E-state index is 13.7. The van der Waals surface area contributed by atoms with Crippen LogP contribution in [0, 0.1) is 0 Å². The average Bonchev–Trinajstić information content (AvgIpc) is 2.91. The molecule has 1 aliphatic rings. The van der Waals surface area contributed by atoms with Gasteiger partial charge < -0.3 is 28.1 Å². The van der Waals surface area contributed by atoms with Gasteiger partial charge in [-0.25, -0.2) is 0 Å². The summed E-state index contributed by atoms with van der Waals surface area (Å²) < 4.78 is 33.4. The predicted octanol–water partition coefficient (Wildman–Crippen LogP) is 4.94. The summed E-state index contributed by atoms with van der Waals surface area (Å²) in [5.41, 5.74) is 2.39. The highest BCUT2D eigenvalue weighted by Gasteiger charge is 2.35. The van der Waals surface area contributed by atoms with Gasteiger partial charge in [0.1, 0.15) is 46.0 Å². The summed E-state index contributed by atoms with van der Waals surface area (Å²) in [6.07, 6.45) is 1.46. The predicted molar refractivity (Wildman–Crippen MR) is 133 cm³/mol. The number of carbonyl (C=O) groups excluding carboxylic acids is 1. The van der Waals surface area contributed by atoms with Crippen molar-refractivity contribution < 1.29 is 32.9 Å². The van der Waals surface area contributed by atoms with Crippen LogP contribution in [0.1, 0.15) is 23.5 Å². The van der Waals surface area contributed by atoms with Crippen molar-refractivity contribution in [1.82, 2.24) is 0 Å². The number of benzene rings is 3. The molecule has 8 heteroatoms. The van der Waals surface area contributed by atoms with Gasteiger partial charge in [-0.05, 0) is 23.8 Å². The number of hydrogen-bond acceptors (Lipinski definition) is 8. The number of esters is 1. The van der Waals surface area contributed by atoms with Crippen molar-refractivity contribution in [3.05, 3.63) is 76.1 Å². The normalized spacial score (nSPS) is 14.7. The number of carbonyl (C=O) groups is 1. The molecule has 36 heavy (non-hydrogen) atoms. The second-order valence-electron chi connectivity index (χ2n) is 8.24. The van der Waals surface area contributed by atoms with Gasteiger partial charge in [-0.2, -0.15) is 0 Å². The molecule has 0 saturated carbocycles. The van der Waals surface area contributed by atoms with Gasteiger partial charge in [0.05, 0.1) is 40.4 Å². The minimum Gasteiger partial charge on any atom is -0.497 e. The van der Waals surface area contributed by atoms with Crippen molar-refractivity contribution in [2.75, 3.05) is 28.4 Å². The van der Waals surface area contributed by atoms with E-state index >= 15 is 0 Å². The zero-order chi connectivity index (χ0) is 25.4. The quantitative estimate of drug-likeness (QED) is 0.278. The van der Waals surface area contributed by atoms with Crippen molar-refractivity contribution in [3.8, 4) is 39.9 Å². The Bertz CT molecular complexity index is 1520. The van der Waals surface area contributed by atoms with Gasteiger partial charge in [0, 0.05) is 29.2 Å². The Kier molecular flexibility index (Phi) is 6.01. The molecule has 1 aromatic heterocycles. The van der Waals surface area contributed by atoms with E-state index in [1.54, 1.807) is 63.8 Å². The average molecular weight is 488 g/mol. The number of methoxy groups -OCH3 is 4. The summed E-state index contributed by atoms with van der Waals surface area (Å²) in [6.45, 7) is 0. The second-order valence-corrected chi connectivity index (χ2v) is 8.24. The standard InChI is InChI=1S/C28H24O8/c1-31-16-7-5-15(6-8-16)20-14-35-28-25-19(18-10-9-17(32-2)11-21(18)33-3)12-24(29)36-23(25)13-22(34-4)26(28)27(20)30/h5-11,13-14,19H,12H2,1-4H3. The van der Waals surface area contributed by atoms with E-state index in [1.807, 2.05) is 6.07 Å². The van der Waals surface area contributed by atoms with E-state index in [0.29, 0.717) is 39.5 Å². The van der Waals surface area contributed by atoms with Crippen LogP contribution < -0.4 is 29.1 Å². The molecule has 0 radical (unpaired) electrons. The van der Waals surface area contributed by atoms with E-state index in [-0.39, 0.29) is 28.7 Å². The molecule has 0 amide bonds. The van der Waals surface area contributed by atoms with Gasteiger partial charge in [0.2, 0.25) is 5.43 Å². The molecule has 5 rings (SSSR count). The molecular formula is C28H24O8. The minimum atomic E-state index is -0.481. The van der Waals surface area contributed by atoms with E-state index in [4.69, 9.17) is 28.1 Å². The Morgan fingerprint density at radius 3 is 2.17 bits per heavy atom. The number of ether oxygens (including phenoxy) is 5. The number of fused-ring (bicyclic) bond motifs is 3. The SMILES string of the molecule is COc1ccc(-c2coc3c4c(cc(OC)c3c2=O)OC(=O)CC4c2ccc(OC)cc2OC)cc1. The van der Waals surface area contributed by atoms with Crippen LogP contribution in [0.25, 0.3) is 22.1 Å². The molecule has 4 aromatic rings. The van der Waals surface area contributed by atoms with Crippen LogP contribution in [0.4, 0.5) is 0 Å². The Morgan fingerprint density at radius 1 is 0.806 bits per heavy atom. The van der Waals surface area contributed by atoms with E-state index in [2.05, 4.69) is 0 Å². The largest absolute Gasteiger partial charge is 0.497 e. The van der Waals surface area contributed by atoms with Gasteiger partial charge in [0.25, 0.3) is 0 Å². The Morgan fingerprint density at radius 2 is 1.50 bits per heavy atom. The first-order valence-electron chi connectivity index (χ1n) is 11.2. The molecular weight excluding hydrogens is 464 g/mol. The summed E-state index contributed by atoms with van der Waals surface area (Å²) in [4.78, 5) is 26.3. The first-order chi connectivity index (χ1) is 17.5. The van der Waals surface area contributed by atoms with Crippen molar-refractivity contribution in [2.45, 2.75) is 12.3 Å². The van der Waals surface area contributed by atoms with Gasteiger partial charge in [0.15, 0.2) is 0 Å². The Hall–Kier alpha value is -4.46. The zero-order valence-corrected chi connectivity index (χ0v) is 20.2. The van der Waals surface area contributed by atoms with Gasteiger partial charge in [-0.1, -0.05) is 18.2 Å². The molecule has 0 aliphatic carbocycles. The lowest BCUT2D eigenvalue weighted by molar-refractivity contribution is -0.135. The zero-order valence-electron chi connectivity index (χ0n) is 20.2. The lowest BCUT2D eigenvalue weighted by atomic mass is 9.84. The lowest BCUT2D eigenvalue weighted by Crippen LogP contribution is -2.22. The van der Waals surface area contributed by atoms with Crippen LogP contribution in [-0.2, 0) is 4.79 Å². The van der Waals surface area contributed by atoms with Crippen LogP contribution in [0.15, 0.2) is 64.0 Å². The van der Waals surface area contributed by atoms with Crippen molar-refractivity contribution in [3.63, 3.8) is 0 Å². The molecule has 1 unspecified atom stereocenters. The molecule has 0 saturated heterocycles. The lowest BCUT2D eigenvalue weighted by Gasteiger charge is -2.27. The molecule has 184 valence electrons. The molecule has 1 atom stereocenters. The molecule has 0 bridgehead atoms. The molecule has 2 heterocycles. The summed E-state index contributed by atoms with van der Waals surface area (Å²) >= 11 is 0. The van der Waals surface area contributed by atoms with E-state index in [0.717, 1.165) is 5.56 Å². The Balaban J connectivity index is 1.76. The van der Waals surface area contributed by atoms with Crippen molar-refractivity contribution >= 4 is 16.9 Å². The second kappa shape index (κ2) is 9.30. The highest BCUT2D eigenvalue weighted by atomic mass is 16.5. The van der Waals surface area contributed by atoms with Crippen LogP contribution in [0.2, 0.25) is 0 Å². The smallest absolute Gasteiger partial charge is 0.312 e. The molecule has 0 N–H and O–H groups in total. The number of rotatable bonds is 6. The fraction of sp³-hybridized carbons (Fsp3) is 0.214. The first kappa shape index (κ1) is 23.3. The summed E-state index contributed by atoms with van der Waals surface area (Å²) in [6, 6.07) is 14.1. The fourth-order valence-corrected chi connectivity index (χ4v) is 4.62. The van der Waals surface area contributed by atoms with Crippen LogP contribution in [0.3, 0.4) is 0 Å². The molecule has 8 nitrogen and oxygen atoms in total. The maximum Gasteiger partial charge on any atom is 0.312 e. The Labute approximate surface area is 206 Å². The maximum atomic E-state index is 13.7. The fourth-order valence-electron chi connectivity index (χ4n) is 4.62. The number of hydrogen-bond donors (Lipinski definition) is 0. The third-order valence-electron chi connectivity index (χ3n) is 6.39. The minimum absolute atomic E-state index is 0.0427. The van der Waals surface area contributed by atoms with Crippen LogP contribution in [-0.4, -0.2) is 34.4 Å². The molecule has 0 spiro atoms. The highest BCUT2D eigenvalue weighted by Crippen LogP contribution is 2.48. The summed E-state index contributed by atoms with van der Waals surface area (Å²) in [5, 5.41) is 0.264. The van der Waals surface area contributed by atoms with Crippen molar-refractivity contribution in [2.24, 2.45) is 0 Å².